The minimum absolute atomic E-state index is 0.164. The molecule has 3 N–H and O–H groups in total. The van der Waals surface area contributed by atoms with Crippen LogP contribution in [0.5, 0.6) is 11.5 Å². The third-order valence-corrected chi connectivity index (χ3v) is 5.87. The molecule has 0 saturated heterocycles. The number of ether oxygens (including phenoxy) is 2. The lowest BCUT2D eigenvalue weighted by atomic mass is 9.87. The number of fused-ring (bicyclic) bond motifs is 1. The van der Waals surface area contributed by atoms with E-state index in [4.69, 9.17) is 21.7 Å². The second-order valence-electron chi connectivity index (χ2n) is 7.50. The molecular formula is C23H32N3O2S+. The molecule has 0 aliphatic carbocycles. The molecule has 0 amide bonds. The normalized spacial score (nSPS) is 19.0. The Morgan fingerprint density at radius 2 is 1.86 bits per heavy atom. The number of benzene rings is 2. The third kappa shape index (κ3) is 5.00. The first-order valence-electron chi connectivity index (χ1n) is 10.2. The maximum atomic E-state index is 5.61. The minimum atomic E-state index is 0.164. The van der Waals surface area contributed by atoms with Gasteiger partial charge in [-0.15, -0.1) is 0 Å². The van der Waals surface area contributed by atoms with Gasteiger partial charge in [0.25, 0.3) is 0 Å². The maximum Gasteiger partial charge on any atom is 0.166 e. The molecular weight excluding hydrogens is 382 g/mol. The summed E-state index contributed by atoms with van der Waals surface area (Å²) in [5.41, 5.74) is 3.98. The number of hydrogen-bond acceptors (Lipinski definition) is 3. The minimum Gasteiger partial charge on any atom is -0.493 e. The summed E-state index contributed by atoms with van der Waals surface area (Å²) >= 11 is 5.48. The van der Waals surface area contributed by atoms with Crippen LogP contribution in [-0.2, 0) is 13.0 Å². The fourth-order valence-corrected chi connectivity index (χ4v) is 4.62. The van der Waals surface area contributed by atoms with Crippen molar-refractivity contribution in [3.05, 3.63) is 59.2 Å². The number of thiocarbonyl (C=S) groups is 1. The fraction of sp³-hybridized carbons (Fsp3) is 0.435. The lowest BCUT2D eigenvalue weighted by Crippen LogP contribution is -3.13. The van der Waals surface area contributed by atoms with E-state index in [1.807, 2.05) is 0 Å². The van der Waals surface area contributed by atoms with Crippen LogP contribution in [0.3, 0.4) is 0 Å². The Morgan fingerprint density at radius 3 is 2.52 bits per heavy atom. The fourth-order valence-electron chi connectivity index (χ4n) is 4.29. The van der Waals surface area contributed by atoms with Gasteiger partial charge in [-0.05, 0) is 43.8 Å². The second kappa shape index (κ2) is 9.94. The molecule has 0 saturated carbocycles. The SMILES string of the molecule is CCNC(=S)N[C@H](C)[C@H]1c2cc(OC)c(OC)cc2CC[NH+]1Cc1ccccc1. The summed E-state index contributed by atoms with van der Waals surface area (Å²) in [5, 5.41) is 7.41. The van der Waals surface area contributed by atoms with Crippen LogP contribution >= 0.6 is 12.2 Å². The van der Waals surface area contributed by atoms with Gasteiger partial charge in [0.05, 0.1) is 26.8 Å². The molecule has 1 aliphatic rings. The van der Waals surface area contributed by atoms with E-state index in [-0.39, 0.29) is 12.1 Å². The van der Waals surface area contributed by atoms with Crippen LogP contribution in [0.1, 0.15) is 36.6 Å². The van der Waals surface area contributed by atoms with Crippen LogP contribution in [-0.4, -0.2) is 38.5 Å². The van der Waals surface area contributed by atoms with Crippen molar-refractivity contribution in [3.8, 4) is 11.5 Å². The van der Waals surface area contributed by atoms with Gasteiger partial charge in [-0.1, -0.05) is 30.3 Å². The summed E-state index contributed by atoms with van der Waals surface area (Å²) in [4.78, 5) is 1.52. The third-order valence-electron chi connectivity index (χ3n) is 5.61. The Labute approximate surface area is 179 Å². The zero-order valence-electron chi connectivity index (χ0n) is 17.7. The average Bonchev–Trinajstić information content (AvgIpc) is 2.73. The molecule has 3 atom stereocenters. The Balaban J connectivity index is 1.96. The van der Waals surface area contributed by atoms with Gasteiger partial charge in [-0.25, -0.2) is 0 Å². The molecule has 1 heterocycles. The number of nitrogens with one attached hydrogen (secondary N) is 3. The molecule has 156 valence electrons. The molecule has 0 radical (unpaired) electrons. The zero-order valence-corrected chi connectivity index (χ0v) is 18.6. The molecule has 5 nitrogen and oxygen atoms in total. The van der Waals surface area contributed by atoms with Gasteiger partial charge in [-0.3, -0.25) is 0 Å². The summed E-state index contributed by atoms with van der Waals surface area (Å²) in [6.07, 6.45) is 1.01. The van der Waals surface area contributed by atoms with Gasteiger partial charge in [0, 0.05) is 24.1 Å². The first-order valence-corrected chi connectivity index (χ1v) is 10.7. The van der Waals surface area contributed by atoms with Crippen molar-refractivity contribution in [1.29, 1.82) is 0 Å². The molecule has 2 aromatic rings. The largest absolute Gasteiger partial charge is 0.493 e. The van der Waals surface area contributed by atoms with E-state index in [0.717, 1.165) is 37.6 Å². The van der Waals surface area contributed by atoms with Crippen molar-refractivity contribution < 1.29 is 14.4 Å². The van der Waals surface area contributed by atoms with E-state index in [1.54, 1.807) is 14.2 Å². The topological polar surface area (TPSA) is 47.0 Å². The summed E-state index contributed by atoms with van der Waals surface area (Å²) < 4.78 is 11.1. The van der Waals surface area contributed by atoms with Crippen LogP contribution in [0.4, 0.5) is 0 Å². The highest BCUT2D eigenvalue weighted by Gasteiger charge is 2.36. The number of rotatable bonds is 7. The lowest BCUT2D eigenvalue weighted by molar-refractivity contribution is -0.948. The quantitative estimate of drug-likeness (QED) is 0.607. The molecule has 1 aliphatic heterocycles. The van der Waals surface area contributed by atoms with Gasteiger partial charge in [0.15, 0.2) is 16.6 Å². The monoisotopic (exact) mass is 414 g/mol. The van der Waals surface area contributed by atoms with Gasteiger partial charge in [0.2, 0.25) is 0 Å². The Hall–Kier alpha value is -2.31. The van der Waals surface area contributed by atoms with Crippen LogP contribution < -0.4 is 25.0 Å². The van der Waals surface area contributed by atoms with E-state index in [0.29, 0.717) is 5.11 Å². The highest BCUT2D eigenvalue weighted by molar-refractivity contribution is 7.80. The molecule has 2 aromatic carbocycles. The zero-order chi connectivity index (χ0) is 20.8. The van der Waals surface area contributed by atoms with Crippen molar-refractivity contribution >= 4 is 17.3 Å². The van der Waals surface area contributed by atoms with Crippen molar-refractivity contribution in [3.63, 3.8) is 0 Å². The highest BCUT2D eigenvalue weighted by atomic mass is 32.1. The van der Waals surface area contributed by atoms with Crippen LogP contribution in [0.2, 0.25) is 0 Å². The van der Waals surface area contributed by atoms with E-state index in [2.05, 4.69) is 66.9 Å². The van der Waals surface area contributed by atoms with Crippen LogP contribution in [0.15, 0.2) is 42.5 Å². The van der Waals surface area contributed by atoms with Crippen LogP contribution in [0, 0.1) is 0 Å². The number of methoxy groups -OCH3 is 2. The first kappa shape index (κ1) is 21.4. The van der Waals surface area contributed by atoms with E-state index < -0.39 is 0 Å². The van der Waals surface area contributed by atoms with Crippen molar-refractivity contribution in [2.75, 3.05) is 27.3 Å². The summed E-state index contributed by atoms with van der Waals surface area (Å²) in [5.74, 6) is 1.57. The molecule has 0 aromatic heterocycles. The molecule has 1 unspecified atom stereocenters. The number of hydrogen-bond donors (Lipinski definition) is 3. The first-order chi connectivity index (χ1) is 14.1. The van der Waals surface area contributed by atoms with Gasteiger partial charge in [-0.2, -0.15) is 0 Å². The molecule has 0 spiro atoms. The second-order valence-corrected chi connectivity index (χ2v) is 7.91. The van der Waals surface area contributed by atoms with E-state index >= 15 is 0 Å². The lowest BCUT2D eigenvalue weighted by Gasteiger charge is -2.38. The summed E-state index contributed by atoms with van der Waals surface area (Å²) in [6, 6.07) is 15.4. The highest BCUT2D eigenvalue weighted by Crippen LogP contribution is 2.35. The van der Waals surface area contributed by atoms with E-state index in [9.17, 15) is 0 Å². The number of quaternary nitrogens is 1. The van der Waals surface area contributed by atoms with Crippen molar-refractivity contribution in [2.45, 2.75) is 38.9 Å². The average molecular weight is 415 g/mol. The Kier molecular flexibility index (Phi) is 7.34. The predicted octanol–water partition coefficient (Wildman–Crippen LogP) is 2.26. The molecule has 3 rings (SSSR count). The standard InChI is InChI=1S/C23H31N3O2S/c1-5-24-23(29)25-16(2)22-19-14-21(28-4)20(27-3)13-18(19)11-12-26(22)15-17-9-7-6-8-10-17/h6-10,13-14,16,22H,5,11-12,15H2,1-4H3,(H2,24,25,29)/p+1/t16-,22+/m1/s1. The molecule has 0 fully saturated rings. The Bertz CT molecular complexity index is 828. The van der Waals surface area contributed by atoms with Crippen LogP contribution in [0.25, 0.3) is 0 Å². The smallest absolute Gasteiger partial charge is 0.166 e. The Morgan fingerprint density at radius 1 is 1.17 bits per heavy atom. The van der Waals surface area contributed by atoms with Gasteiger partial charge >= 0.3 is 0 Å². The van der Waals surface area contributed by atoms with E-state index in [1.165, 1.54) is 21.6 Å². The van der Waals surface area contributed by atoms with Gasteiger partial charge in [0.1, 0.15) is 12.6 Å². The predicted molar refractivity (Wildman–Crippen MR) is 121 cm³/mol. The van der Waals surface area contributed by atoms with Crippen molar-refractivity contribution in [1.82, 2.24) is 10.6 Å². The van der Waals surface area contributed by atoms with Crippen molar-refractivity contribution in [2.24, 2.45) is 0 Å². The molecule has 0 bridgehead atoms. The maximum absolute atomic E-state index is 5.61. The molecule has 6 heteroatoms. The summed E-state index contributed by atoms with van der Waals surface area (Å²) in [7, 11) is 3.38. The molecule has 29 heavy (non-hydrogen) atoms. The summed E-state index contributed by atoms with van der Waals surface area (Å²) in [6.45, 7) is 7.11. The van der Waals surface area contributed by atoms with Gasteiger partial charge < -0.3 is 25.0 Å².